The van der Waals surface area contributed by atoms with Crippen LogP contribution >= 0.6 is 0 Å². The van der Waals surface area contributed by atoms with E-state index in [1.165, 1.54) is 0 Å². The number of hydrogen-bond acceptors (Lipinski definition) is 4. The van der Waals surface area contributed by atoms with Gasteiger partial charge in [-0.25, -0.2) is 13.2 Å². The SMILES string of the molecule is CNCc1nnnn1-c1cc(F)cc(F)c1F. The highest BCUT2D eigenvalue weighted by Gasteiger charge is 2.16. The number of halogens is 3. The maximum Gasteiger partial charge on any atom is 0.184 e. The molecule has 0 bridgehead atoms. The van der Waals surface area contributed by atoms with E-state index in [2.05, 4.69) is 20.8 Å². The Morgan fingerprint density at radius 2 is 2.06 bits per heavy atom. The van der Waals surface area contributed by atoms with Gasteiger partial charge in [-0.2, -0.15) is 4.68 Å². The van der Waals surface area contributed by atoms with E-state index < -0.39 is 17.5 Å². The third-order valence-electron chi connectivity index (χ3n) is 2.07. The standard InChI is InChI=1S/C9H8F3N5/c1-13-4-8-14-15-16-17(8)7-3-5(10)2-6(11)9(7)12/h2-3,13H,4H2,1H3. The number of benzene rings is 1. The molecule has 0 aliphatic rings. The van der Waals surface area contributed by atoms with Crippen LogP contribution in [0.1, 0.15) is 5.82 Å². The molecule has 0 atom stereocenters. The van der Waals surface area contributed by atoms with Crippen LogP contribution in [-0.2, 0) is 6.54 Å². The maximum absolute atomic E-state index is 13.5. The molecule has 8 heteroatoms. The molecule has 0 aliphatic heterocycles. The average Bonchev–Trinajstić information content (AvgIpc) is 2.72. The quantitative estimate of drug-likeness (QED) is 0.810. The Labute approximate surface area is 94.2 Å². The second-order valence-corrected chi connectivity index (χ2v) is 3.26. The van der Waals surface area contributed by atoms with Crippen molar-refractivity contribution in [2.45, 2.75) is 6.54 Å². The molecule has 5 nitrogen and oxygen atoms in total. The van der Waals surface area contributed by atoms with Gasteiger partial charge in [-0.3, -0.25) is 0 Å². The fourth-order valence-electron chi connectivity index (χ4n) is 1.36. The molecule has 0 radical (unpaired) electrons. The van der Waals surface area contributed by atoms with Gasteiger partial charge in [0.1, 0.15) is 11.5 Å². The summed E-state index contributed by atoms with van der Waals surface area (Å²) in [6.45, 7) is 0.241. The molecule has 0 spiro atoms. The first-order chi connectivity index (χ1) is 8.13. The zero-order chi connectivity index (χ0) is 12.4. The summed E-state index contributed by atoms with van der Waals surface area (Å²) in [5.41, 5.74) is -0.363. The predicted molar refractivity (Wildman–Crippen MR) is 51.8 cm³/mol. The largest absolute Gasteiger partial charge is 0.313 e. The van der Waals surface area contributed by atoms with Gasteiger partial charge in [-0.1, -0.05) is 0 Å². The lowest BCUT2D eigenvalue weighted by Crippen LogP contribution is -2.13. The van der Waals surface area contributed by atoms with Gasteiger partial charge in [0.25, 0.3) is 0 Å². The molecular weight excluding hydrogens is 235 g/mol. The molecule has 90 valence electrons. The summed E-state index contributed by atoms with van der Waals surface area (Å²) in [4.78, 5) is 0. The van der Waals surface area contributed by atoms with E-state index >= 15 is 0 Å². The molecule has 1 N–H and O–H groups in total. The van der Waals surface area contributed by atoms with Gasteiger partial charge in [0, 0.05) is 12.1 Å². The van der Waals surface area contributed by atoms with E-state index in [0.717, 1.165) is 10.7 Å². The number of hydrogen-bond donors (Lipinski definition) is 1. The molecule has 1 aromatic heterocycles. The van der Waals surface area contributed by atoms with E-state index in [9.17, 15) is 13.2 Å². The summed E-state index contributed by atoms with van der Waals surface area (Å²) in [6, 6.07) is 1.29. The molecule has 1 aromatic carbocycles. The second-order valence-electron chi connectivity index (χ2n) is 3.26. The minimum absolute atomic E-state index is 0.241. The van der Waals surface area contributed by atoms with Crippen molar-refractivity contribution in [2.75, 3.05) is 7.05 Å². The minimum Gasteiger partial charge on any atom is -0.313 e. The fraction of sp³-hybridized carbons (Fsp3) is 0.222. The maximum atomic E-state index is 13.5. The average molecular weight is 243 g/mol. The first kappa shape index (κ1) is 11.5. The normalized spacial score (nSPS) is 10.8. The van der Waals surface area contributed by atoms with Gasteiger partial charge in [0.2, 0.25) is 0 Å². The summed E-state index contributed by atoms with van der Waals surface area (Å²) in [6.07, 6.45) is 0. The fourth-order valence-corrected chi connectivity index (χ4v) is 1.36. The Morgan fingerprint density at radius 1 is 1.29 bits per heavy atom. The van der Waals surface area contributed by atoms with E-state index in [1.807, 2.05) is 0 Å². The Morgan fingerprint density at radius 3 is 2.76 bits per heavy atom. The van der Waals surface area contributed by atoms with Crippen molar-refractivity contribution in [3.05, 3.63) is 35.4 Å². The third kappa shape index (κ3) is 2.11. The van der Waals surface area contributed by atoms with Crippen LogP contribution in [0, 0.1) is 17.5 Å². The van der Waals surface area contributed by atoms with Crippen LogP contribution in [0.5, 0.6) is 0 Å². The molecule has 17 heavy (non-hydrogen) atoms. The van der Waals surface area contributed by atoms with Crippen molar-refractivity contribution in [3.63, 3.8) is 0 Å². The number of nitrogens with zero attached hydrogens (tertiary/aromatic N) is 4. The highest BCUT2D eigenvalue weighted by Crippen LogP contribution is 2.18. The Balaban J connectivity index is 2.56. The Hall–Kier alpha value is -1.96. The summed E-state index contributed by atoms with van der Waals surface area (Å²) in [5.74, 6) is -3.14. The van der Waals surface area contributed by atoms with Gasteiger partial charge in [-0.05, 0) is 17.5 Å². The van der Waals surface area contributed by atoms with Gasteiger partial charge in [0.15, 0.2) is 17.5 Å². The van der Waals surface area contributed by atoms with Crippen LogP contribution in [0.2, 0.25) is 0 Å². The number of tetrazole rings is 1. The second kappa shape index (κ2) is 4.50. The lowest BCUT2D eigenvalue weighted by atomic mass is 10.3. The molecule has 0 saturated carbocycles. The first-order valence-electron chi connectivity index (χ1n) is 4.70. The number of rotatable bonds is 3. The smallest absolute Gasteiger partial charge is 0.184 e. The molecule has 2 rings (SSSR count). The molecule has 0 saturated heterocycles. The first-order valence-corrected chi connectivity index (χ1v) is 4.70. The number of aromatic nitrogens is 4. The van der Waals surface area contributed by atoms with Crippen LogP contribution < -0.4 is 5.32 Å². The number of nitrogens with one attached hydrogen (secondary N) is 1. The highest BCUT2D eigenvalue weighted by molar-refractivity contribution is 5.34. The lowest BCUT2D eigenvalue weighted by Gasteiger charge is -2.06. The van der Waals surface area contributed by atoms with Crippen LogP contribution in [0.3, 0.4) is 0 Å². The Bertz CT molecular complexity index is 539. The third-order valence-corrected chi connectivity index (χ3v) is 2.07. The van der Waals surface area contributed by atoms with E-state index in [0.29, 0.717) is 6.07 Å². The van der Waals surface area contributed by atoms with E-state index in [4.69, 9.17) is 0 Å². The van der Waals surface area contributed by atoms with Crippen molar-refractivity contribution in [3.8, 4) is 5.69 Å². The van der Waals surface area contributed by atoms with E-state index in [1.54, 1.807) is 7.05 Å². The molecule has 1 heterocycles. The van der Waals surface area contributed by atoms with Crippen molar-refractivity contribution < 1.29 is 13.2 Å². The van der Waals surface area contributed by atoms with Gasteiger partial charge >= 0.3 is 0 Å². The van der Waals surface area contributed by atoms with Crippen molar-refractivity contribution in [1.82, 2.24) is 25.5 Å². The molecule has 0 amide bonds. The van der Waals surface area contributed by atoms with E-state index in [-0.39, 0.29) is 18.1 Å². The zero-order valence-corrected chi connectivity index (χ0v) is 8.78. The summed E-state index contributed by atoms with van der Waals surface area (Å²) < 4.78 is 40.5. The zero-order valence-electron chi connectivity index (χ0n) is 8.78. The highest BCUT2D eigenvalue weighted by atomic mass is 19.2. The molecule has 2 aromatic rings. The lowest BCUT2D eigenvalue weighted by molar-refractivity contribution is 0.485. The van der Waals surface area contributed by atoms with Crippen LogP contribution in [0.15, 0.2) is 12.1 Å². The van der Waals surface area contributed by atoms with Crippen LogP contribution in [-0.4, -0.2) is 27.3 Å². The van der Waals surface area contributed by atoms with Gasteiger partial charge in [0.05, 0.1) is 6.54 Å². The molecule has 0 fully saturated rings. The molecule has 0 unspecified atom stereocenters. The van der Waals surface area contributed by atoms with Crippen molar-refractivity contribution in [1.29, 1.82) is 0 Å². The van der Waals surface area contributed by atoms with Crippen LogP contribution in [0.25, 0.3) is 5.69 Å². The van der Waals surface area contributed by atoms with Gasteiger partial charge in [-0.15, -0.1) is 5.10 Å². The topological polar surface area (TPSA) is 55.6 Å². The Kier molecular flexibility index (Phi) is 3.05. The van der Waals surface area contributed by atoms with Crippen LogP contribution in [0.4, 0.5) is 13.2 Å². The van der Waals surface area contributed by atoms with Gasteiger partial charge < -0.3 is 5.32 Å². The minimum atomic E-state index is -1.29. The summed E-state index contributed by atoms with van der Waals surface area (Å²) in [7, 11) is 1.64. The molecular formula is C9H8F3N5. The molecule has 0 aliphatic carbocycles. The monoisotopic (exact) mass is 243 g/mol. The summed E-state index contributed by atoms with van der Waals surface area (Å²) >= 11 is 0. The van der Waals surface area contributed by atoms with Crippen molar-refractivity contribution >= 4 is 0 Å². The predicted octanol–water partition coefficient (Wildman–Crippen LogP) is 0.799. The van der Waals surface area contributed by atoms with Crippen molar-refractivity contribution in [2.24, 2.45) is 0 Å². The summed E-state index contributed by atoms with van der Waals surface area (Å²) in [5, 5.41) is 13.2.